The van der Waals surface area contributed by atoms with E-state index >= 15 is 0 Å². The number of hydrogen-bond acceptors (Lipinski definition) is 9. The first-order valence-corrected chi connectivity index (χ1v) is 9.30. The van der Waals surface area contributed by atoms with E-state index in [1.807, 2.05) is 0 Å². The Morgan fingerprint density at radius 2 is 1.86 bits per heavy atom. The zero-order valence-electron chi connectivity index (χ0n) is 15.3. The minimum absolute atomic E-state index is 0.0638. The Balaban J connectivity index is 1.94. The molecule has 0 aliphatic rings. The van der Waals surface area contributed by atoms with E-state index in [2.05, 4.69) is 5.32 Å². The zero-order valence-corrected chi connectivity index (χ0v) is 16.1. The Hall–Kier alpha value is -3.01. The predicted molar refractivity (Wildman–Crippen MR) is 99.6 cm³/mol. The molecular formula is C18H19NO8S. The van der Waals surface area contributed by atoms with Crippen LogP contribution in [0.5, 0.6) is 0 Å². The summed E-state index contributed by atoms with van der Waals surface area (Å²) >= 11 is 0.681. The number of thioether (sulfide) groups is 1. The molecule has 1 atom stereocenters. The summed E-state index contributed by atoms with van der Waals surface area (Å²) in [6.07, 6.45) is 0. The van der Waals surface area contributed by atoms with Gasteiger partial charge in [-0.05, 0) is 18.7 Å². The molecule has 0 unspecified atom stereocenters. The van der Waals surface area contributed by atoms with Crippen molar-refractivity contribution < 1.29 is 32.7 Å². The lowest BCUT2D eigenvalue weighted by Gasteiger charge is -2.15. The highest BCUT2D eigenvalue weighted by Gasteiger charge is 2.23. The minimum Gasteiger partial charge on any atom is -0.464 e. The first kappa shape index (κ1) is 21.3. The molecule has 0 bridgehead atoms. The summed E-state index contributed by atoms with van der Waals surface area (Å²) in [6.45, 7) is 2.70. The van der Waals surface area contributed by atoms with Crippen molar-refractivity contribution in [3.63, 3.8) is 0 Å². The molecule has 1 aromatic carbocycles. The Morgan fingerprint density at radius 1 is 1.14 bits per heavy atom. The number of nitrogens with one attached hydrogen (secondary N) is 1. The van der Waals surface area contributed by atoms with E-state index in [1.54, 1.807) is 37.3 Å². The second-order valence-corrected chi connectivity index (χ2v) is 6.38. The summed E-state index contributed by atoms with van der Waals surface area (Å²) in [4.78, 5) is 46.4. The van der Waals surface area contributed by atoms with Crippen molar-refractivity contribution in [1.29, 1.82) is 0 Å². The van der Waals surface area contributed by atoms with Crippen molar-refractivity contribution >= 4 is 28.9 Å². The highest BCUT2D eigenvalue weighted by Crippen LogP contribution is 2.24. The van der Waals surface area contributed by atoms with Crippen molar-refractivity contribution in [1.82, 2.24) is 5.32 Å². The first-order chi connectivity index (χ1) is 13.4. The molecule has 2 aromatic rings. The molecule has 1 amide bonds. The van der Waals surface area contributed by atoms with Crippen LogP contribution in [-0.4, -0.2) is 35.6 Å². The largest absolute Gasteiger partial charge is 0.519 e. The number of carbonyl (C=O) groups excluding carboxylic acids is 3. The molecule has 1 heterocycles. The van der Waals surface area contributed by atoms with Gasteiger partial charge in [0.2, 0.25) is 5.91 Å². The Bertz CT molecular complexity index is 873. The monoisotopic (exact) mass is 409 g/mol. The molecular weight excluding hydrogens is 390 g/mol. The summed E-state index contributed by atoms with van der Waals surface area (Å²) in [7, 11) is 0. The number of amides is 1. The summed E-state index contributed by atoms with van der Waals surface area (Å²) < 4.78 is 19.9. The fraction of sp³-hybridized carbons (Fsp3) is 0.333. The van der Waals surface area contributed by atoms with Crippen LogP contribution in [0.3, 0.4) is 0 Å². The summed E-state index contributed by atoms with van der Waals surface area (Å²) in [5.41, 5.74) is 0.597. The maximum absolute atomic E-state index is 12.0. The lowest BCUT2D eigenvalue weighted by atomic mass is 10.1. The fourth-order valence-corrected chi connectivity index (χ4v) is 2.85. The maximum Gasteiger partial charge on any atom is 0.519 e. The number of esters is 1. The predicted octanol–water partition coefficient (Wildman–Crippen LogP) is 2.34. The van der Waals surface area contributed by atoms with Gasteiger partial charge in [0.05, 0.1) is 6.61 Å². The average Bonchev–Trinajstić information content (AvgIpc) is 3.04. The molecule has 150 valence electrons. The lowest BCUT2D eigenvalue weighted by molar-refractivity contribution is -0.146. The Morgan fingerprint density at radius 3 is 2.50 bits per heavy atom. The SMILES string of the molecule is CCOC(=O)[C@H](CSC(=O)OCc1oc(=O)oc1-c1ccccc1)NC(C)=O. The molecule has 0 aliphatic carbocycles. The van der Waals surface area contributed by atoms with Crippen molar-refractivity contribution in [3.05, 3.63) is 46.7 Å². The van der Waals surface area contributed by atoms with Crippen LogP contribution >= 0.6 is 11.8 Å². The van der Waals surface area contributed by atoms with E-state index in [4.69, 9.17) is 18.3 Å². The van der Waals surface area contributed by atoms with Gasteiger partial charge >= 0.3 is 17.1 Å². The molecule has 0 aliphatic heterocycles. The van der Waals surface area contributed by atoms with Crippen LogP contribution in [0.25, 0.3) is 11.3 Å². The molecule has 0 saturated carbocycles. The number of ether oxygens (including phenoxy) is 2. The van der Waals surface area contributed by atoms with Gasteiger partial charge in [-0.3, -0.25) is 4.79 Å². The molecule has 0 saturated heterocycles. The topological polar surface area (TPSA) is 125 Å². The van der Waals surface area contributed by atoms with Crippen molar-refractivity contribution in [2.75, 3.05) is 12.4 Å². The van der Waals surface area contributed by atoms with Crippen LogP contribution in [0, 0.1) is 0 Å². The van der Waals surface area contributed by atoms with E-state index in [9.17, 15) is 19.2 Å². The van der Waals surface area contributed by atoms with E-state index in [0.717, 1.165) is 0 Å². The van der Waals surface area contributed by atoms with Gasteiger partial charge < -0.3 is 23.6 Å². The number of benzene rings is 1. The molecule has 9 nitrogen and oxygen atoms in total. The van der Waals surface area contributed by atoms with Gasteiger partial charge in [0.1, 0.15) is 6.04 Å². The normalized spacial score (nSPS) is 11.5. The van der Waals surface area contributed by atoms with Gasteiger partial charge in [-0.25, -0.2) is 14.4 Å². The van der Waals surface area contributed by atoms with Gasteiger partial charge in [-0.2, -0.15) is 0 Å². The fourth-order valence-electron chi connectivity index (χ4n) is 2.19. The van der Waals surface area contributed by atoms with Crippen LogP contribution in [-0.2, 0) is 25.7 Å². The smallest absolute Gasteiger partial charge is 0.464 e. The maximum atomic E-state index is 12.0. The number of carbonyl (C=O) groups is 3. The molecule has 2 rings (SSSR count). The van der Waals surface area contributed by atoms with Crippen molar-refractivity contribution in [2.24, 2.45) is 0 Å². The third-order valence-electron chi connectivity index (χ3n) is 3.32. The second-order valence-electron chi connectivity index (χ2n) is 5.43. The Labute approximate surface area is 164 Å². The van der Waals surface area contributed by atoms with Crippen LogP contribution < -0.4 is 11.1 Å². The standard InChI is InChI=1S/C18H19NO8S/c1-3-24-16(21)13(19-11(2)20)10-28-18(23)25-9-14-15(27-17(22)26-14)12-7-5-4-6-8-12/h4-8,13H,3,9-10H2,1-2H3,(H,19,20)/t13-/m0/s1. The number of hydrogen-bond donors (Lipinski definition) is 1. The highest BCUT2D eigenvalue weighted by molar-refractivity contribution is 8.13. The van der Waals surface area contributed by atoms with Crippen LogP contribution in [0.15, 0.2) is 44.0 Å². The molecule has 10 heteroatoms. The summed E-state index contributed by atoms with van der Waals surface area (Å²) in [6, 6.07) is 7.75. The summed E-state index contributed by atoms with van der Waals surface area (Å²) in [5, 5.41) is 1.69. The quantitative estimate of drug-likeness (QED) is 0.654. The second kappa shape index (κ2) is 10.4. The van der Waals surface area contributed by atoms with Crippen LogP contribution in [0.4, 0.5) is 4.79 Å². The van der Waals surface area contributed by atoms with Gasteiger partial charge in [-0.15, -0.1) is 0 Å². The first-order valence-electron chi connectivity index (χ1n) is 8.32. The van der Waals surface area contributed by atoms with E-state index in [1.165, 1.54) is 6.92 Å². The van der Waals surface area contributed by atoms with Crippen LogP contribution in [0.1, 0.15) is 19.6 Å². The molecule has 28 heavy (non-hydrogen) atoms. The molecule has 0 spiro atoms. The van der Waals surface area contributed by atoms with Crippen molar-refractivity contribution in [3.8, 4) is 11.3 Å². The molecule has 0 radical (unpaired) electrons. The summed E-state index contributed by atoms with van der Waals surface area (Å²) in [5.74, 6) is -1.83. The van der Waals surface area contributed by atoms with E-state index in [-0.39, 0.29) is 30.5 Å². The molecule has 1 aromatic heterocycles. The third kappa shape index (κ3) is 6.31. The Kier molecular flexibility index (Phi) is 7.88. The molecule has 0 fully saturated rings. The average molecular weight is 409 g/mol. The van der Waals surface area contributed by atoms with Gasteiger partial charge in [0.25, 0.3) is 0 Å². The van der Waals surface area contributed by atoms with Crippen molar-refractivity contribution in [2.45, 2.75) is 26.5 Å². The van der Waals surface area contributed by atoms with Gasteiger partial charge in [0.15, 0.2) is 18.1 Å². The number of rotatable bonds is 8. The van der Waals surface area contributed by atoms with E-state index < -0.39 is 29.0 Å². The lowest BCUT2D eigenvalue weighted by Crippen LogP contribution is -2.42. The molecule has 1 N–H and O–H groups in total. The minimum atomic E-state index is -0.985. The van der Waals surface area contributed by atoms with Gasteiger partial charge in [-0.1, -0.05) is 30.3 Å². The van der Waals surface area contributed by atoms with Gasteiger partial charge in [0, 0.05) is 18.2 Å². The third-order valence-corrected chi connectivity index (χ3v) is 4.17. The highest BCUT2D eigenvalue weighted by atomic mass is 32.2. The zero-order chi connectivity index (χ0) is 20.5. The van der Waals surface area contributed by atoms with E-state index in [0.29, 0.717) is 17.3 Å². The van der Waals surface area contributed by atoms with Crippen LogP contribution in [0.2, 0.25) is 0 Å².